The first-order valence-electron chi connectivity index (χ1n) is 7.17. The third-order valence-corrected chi connectivity index (χ3v) is 4.29. The minimum atomic E-state index is 0.0163. The van der Waals surface area contributed by atoms with Crippen LogP contribution in [0.2, 0.25) is 0 Å². The summed E-state index contributed by atoms with van der Waals surface area (Å²) in [5.74, 6) is 0.681. The largest absolute Gasteiger partial charge is 0.396 e. The molecule has 2 rings (SSSR count). The van der Waals surface area contributed by atoms with E-state index in [1.165, 1.54) is 0 Å². The van der Waals surface area contributed by atoms with Crippen molar-refractivity contribution in [2.24, 2.45) is 7.05 Å². The molecular formula is C16H21N3O2S. The van der Waals surface area contributed by atoms with Crippen molar-refractivity contribution in [3.05, 3.63) is 47.8 Å². The predicted molar refractivity (Wildman–Crippen MR) is 88.1 cm³/mol. The van der Waals surface area contributed by atoms with Gasteiger partial charge in [-0.3, -0.25) is 9.48 Å². The number of aromatic nitrogens is 2. The highest BCUT2D eigenvalue weighted by atomic mass is 32.2. The molecule has 118 valence electrons. The van der Waals surface area contributed by atoms with Crippen LogP contribution < -0.4 is 0 Å². The maximum absolute atomic E-state index is 12.4. The number of hydrogen-bond acceptors (Lipinski definition) is 4. The van der Waals surface area contributed by atoms with Crippen molar-refractivity contribution < 1.29 is 9.90 Å². The van der Waals surface area contributed by atoms with Crippen molar-refractivity contribution in [3.63, 3.8) is 0 Å². The molecule has 5 nitrogen and oxygen atoms in total. The van der Waals surface area contributed by atoms with Crippen LogP contribution in [-0.2, 0) is 13.5 Å². The number of aliphatic hydroxyl groups excluding tert-OH is 1. The molecular weight excluding hydrogens is 298 g/mol. The van der Waals surface area contributed by atoms with Gasteiger partial charge in [0.15, 0.2) is 0 Å². The van der Waals surface area contributed by atoms with E-state index in [9.17, 15) is 4.79 Å². The Morgan fingerprint density at radius 2 is 2.09 bits per heavy atom. The number of hydrogen-bond donors (Lipinski definition) is 1. The Morgan fingerprint density at radius 3 is 2.68 bits per heavy atom. The number of benzene rings is 1. The minimum absolute atomic E-state index is 0.0163. The lowest BCUT2D eigenvalue weighted by Crippen LogP contribution is -2.28. The number of aliphatic hydroxyl groups is 1. The molecule has 0 unspecified atom stereocenters. The lowest BCUT2D eigenvalue weighted by Gasteiger charge is -2.17. The molecule has 0 aliphatic rings. The predicted octanol–water partition coefficient (Wildman–Crippen LogP) is 1.82. The molecule has 1 amide bonds. The van der Waals surface area contributed by atoms with Crippen molar-refractivity contribution in [2.75, 3.05) is 26.0 Å². The first-order chi connectivity index (χ1) is 10.6. The van der Waals surface area contributed by atoms with Gasteiger partial charge in [0.2, 0.25) is 0 Å². The van der Waals surface area contributed by atoms with E-state index in [0.29, 0.717) is 17.9 Å². The summed E-state index contributed by atoms with van der Waals surface area (Å²) in [4.78, 5) is 15.1. The lowest BCUT2D eigenvalue weighted by atomic mass is 10.2. The fraction of sp³-hybridized carbons (Fsp3) is 0.375. The topological polar surface area (TPSA) is 58.4 Å². The fourth-order valence-electron chi connectivity index (χ4n) is 2.08. The van der Waals surface area contributed by atoms with Crippen LogP contribution in [0.5, 0.6) is 0 Å². The highest BCUT2D eigenvalue weighted by molar-refractivity contribution is 7.99. The summed E-state index contributed by atoms with van der Waals surface area (Å²) >= 11 is 1.57. The van der Waals surface area contributed by atoms with Crippen molar-refractivity contribution >= 4 is 17.7 Å². The number of aryl methyl sites for hydroxylation is 1. The molecule has 6 heteroatoms. The SMILES string of the molecule is CN(CCc1cnn(C)c1)C(=O)c1ccc(SCCO)cc1. The zero-order valence-corrected chi connectivity index (χ0v) is 13.7. The maximum atomic E-state index is 12.4. The first-order valence-corrected chi connectivity index (χ1v) is 8.15. The summed E-state index contributed by atoms with van der Waals surface area (Å²) in [5.41, 5.74) is 1.81. The van der Waals surface area contributed by atoms with Crippen molar-refractivity contribution in [1.29, 1.82) is 0 Å². The number of likely N-dealkylation sites (N-methyl/N-ethyl adjacent to an activating group) is 1. The minimum Gasteiger partial charge on any atom is -0.396 e. The van der Waals surface area contributed by atoms with E-state index in [4.69, 9.17) is 5.11 Å². The van der Waals surface area contributed by atoms with E-state index >= 15 is 0 Å². The van der Waals surface area contributed by atoms with Gasteiger partial charge in [0.05, 0.1) is 12.8 Å². The van der Waals surface area contributed by atoms with Crippen LogP contribution in [0.15, 0.2) is 41.6 Å². The molecule has 0 saturated heterocycles. The molecule has 1 aromatic carbocycles. The maximum Gasteiger partial charge on any atom is 0.253 e. The molecule has 2 aromatic rings. The molecule has 0 radical (unpaired) electrons. The van der Waals surface area contributed by atoms with Crippen LogP contribution in [-0.4, -0.2) is 51.6 Å². The second-order valence-corrected chi connectivity index (χ2v) is 6.26. The number of carbonyl (C=O) groups is 1. The Hall–Kier alpha value is -1.79. The van der Waals surface area contributed by atoms with Crippen LogP contribution in [0, 0.1) is 0 Å². The molecule has 22 heavy (non-hydrogen) atoms. The number of carbonyl (C=O) groups excluding carboxylic acids is 1. The quantitative estimate of drug-likeness (QED) is 0.791. The molecule has 1 heterocycles. The van der Waals surface area contributed by atoms with Gasteiger partial charge in [-0.25, -0.2) is 0 Å². The zero-order chi connectivity index (χ0) is 15.9. The summed E-state index contributed by atoms with van der Waals surface area (Å²) in [7, 11) is 3.70. The molecule has 1 N–H and O–H groups in total. The second-order valence-electron chi connectivity index (χ2n) is 5.10. The molecule has 0 fully saturated rings. The summed E-state index contributed by atoms with van der Waals surface area (Å²) in [6, 6.07) is 7.51. The Kier molecular flexibility index (Phi) is 6.03. The molecule has 0 aliphatic heterocycles. The summed E-state index contributed by atoms with van der Waals surface area (Å²) in [6.07, 6.45) is 4.58. The molecule has 1 aromatic heterocycles. The normalized spacial score (nSPS) is 10.7. The molecule has 0 atom stereocenters. The molecule has 0 saturated carbocycles. The van der Waals surface area contributed by atoms with E-state index in [2.05, 4.69) is 5.10 Å². The van der Waals surface area contributed by atoms with Gasteiger partial charge in [0.1, 0.15) is 0 Å². The third kappa shape index (κ3) is 4.61. The standard InChI is InChI=1S/C16H21N3O2S/c1-18(8-7-13-11-17-19(2)12-13)16(21)14-3-5-15(6-4-14)22-10-9-20/h3-6,11-12,20H,7-10H2,1-2H3. The van der Waals surface area contributed by atoms with Crippen LogP contribution >= 0.6 is 11.8 Å². The van der Waals surface area contributed by atoms with E-state index in [0.717, 1.165) is 16.9 Å². The van der Waals surface area contributed by atoms with Gasteiger partial charge in [0, 0.05) is 43.0 Å². The van der Waals surface area contributed by atoms with Crippen molar-refractivity contribution in [1.82, 2.24) is 14.7 Å². The average molecular weight is 319 g/mol. The number of rotatable bonds is 7. The van der Waals surface area contributed by atoms with Crippen LogP contribution in [0.1, 0.15) is 15.9 Å². The summed E-state index contributed by atoms with van der Waals surface area (Å²) in [6.45, 7) is 0.813. The van der Waals surface area contributed by atoms with E-state index in [1.807, 2.05) is 50.8 Å². The molecule has 0 spiro atoms. The van der Waals surface area contributed by atoms with Crippen LogP contribution in [0.4, 0.5) is 0 Å². The Morgan fingerprint density at radius 1 is 1.36 bits per heavy atom. The fourth-order valence-corrected chi connectivity index (χ4v) is 2.73. The van der Waals surface area contributed by atoms with E-state index in [-0.39, 0.29) is 12.5 Å². The Bertz CT molecular complexity index is 610. The summed E-state index contributed by atoms with van der Waals surface area (Å²) in [5, 5.41) is 12.9. The Balaban J connectivity index is 1.89. The second kappa shape index (κ2) is 8.00. The van der Waals surface area contributed by atoms with Crippen LogP contribution in [0.25, 0.3) is 0 Å². The average Bonchev–Trinajstić information content (AvgIpc) is 2.96. The number of nitrogens with zero attached hydrogens (tertiary/aromatic N) is 3. The smallest absolute Gasteiger partial charge is 0.253 e. The monoisotopic (exact) mass is 319 g/mol. The third-order valence-electron chi connectivity index (χ3n) is 3.30. The van der Waals surface area contributed by atoms with E-state index < -0.39 is 0 Å². The van der Waals surface area contributed by atoms with Gasteiger partial charge < -0.3 is 10.0 Å². The molecule has 0 aliphatic carbocycles. The number of thioether (sulfide) groups is 1. The van der Waals surface area contributed by atoms with Crippen LogP contribution in [0.3, 0.4) is 0 Å². The van der Waals surface area contributed by atoms with Gasteiger partial charge in [-0.05, 0) is 36.2 Å². The molecule has 0 bridgehead atoms. The summed E-state index contributed by atoms with van der Waals surface area (Å²) < 4.78 is 1.76. The number of amides is 1. The van der Waals surface area contributed by atoms with Gasteiger partial charge in [-0.1, -0.05) is 0 Å². The highest BCUT2D eigenvalue weighted by Crippen LogP contribution is 2.18. The van der Waals surface area contributed by atoms with Gasteiger partial charge in [-0.2, -0.15) is 5.10 Å². The highest BCUT2D eigenvalue weighted by Gasteiger charge is 2.11. The van der Waals surface area contributed by atoms with Crippen molar-refractivity contribution in [2.45, 2.75) is 11.3 Å². The first kappa shape index (κ1) is 16.6. The zero-order valence-electron chi connectivity index (χ0n) is 12.9. The van der Waals surface area contributed by atoms with Crippen molar-refractivity contribution in [3.8, 4) is 0 Å². The van der Waals surface area contributed by atoms with Gasteiger partial charge in [0.25, 0.3) is 5.91 Å². The Labute approximate surface area is 134 Å². The van der Waals surface area contributed by atoms with Gasteiger partial charge in [-0.15, -0.1) is 11.8 Å². The lowest BCUT2D eigenvalue weighted by molar-refractivity contribution is 0.0796. The van der Waals surface area contributed by atoms with Gasteiger partial charge >= 0.3 is 0 Å². The van der Waals surface area contributed by atoms with E-state index in [1.54, 1.807) is 21.3 Å².